The monoisotopic (exact) mass is 301 g/mol. The van der Waals surface area contributed by atoms with Crippen molar-refractivity contribution in [3.63, 3.8) is 0 Å². The highest BCUT2D eigenvalue weighted by Gasteiger charge is 2.29. The summed E-state index contributed by atoms with van der Waals surface area (Å²) in [6.45, 7) is 6.79. The maximum Gasteiger partial charge on any atom is 0.0779 e. The van der Waals surface area contributed by atoms with Crippen molar-refractivity contribution >= 4 is 15.9 Å². The van der Waals surface area contributed by atoms with E-state index in [1.807, 2.05) is 18.7 Å². The molecule has 0 spiro atoms. The van der Waals surface area contributed by atoms with Crippen molar-refractivity contribution in [1.82, 2.24) is 15.1 Å². The topological polar surface area (TPSA) is 39.1 Å². The lowest BCUT2D eigenvalue weighted by Gasteiger charge is -2.23. The summed E-state index contributed by atoms with van der Waals surface area (Å²) in [5.74, 6) is 0. The van der Waals surface area contributed by atoms with Gasteiger partial charge in [0.25, 0.3) is 0 Å². The van der Waals surface area contributed by atoms with Crippen molar-refractivity contribution in [2.75, 3.05) is 13.2 Å². The number of rotatable bonds is 4. The third kappa shape index (κ3) is 2.89. The smallest absolute Gasteiger partial charge is 0.0779 e. The minimum Gasteiger partial charge on any atom is -0.374 e. The molecular weight excluding hydrogens is 282 g/mol. The standard InChI is InChI=1S/C12H20BrN3O/c1-9-11(13)10(16(3)15-9)7-14-8-12(2)5-4-6-17-12/h14H,4-8H2,1-3H3. The first kappa shape index (κ1) is 13.1. The Labute approximate surface area is 111 Å². The Hall–Kier alpha value is -0.390. The maximum atomic E-state index is 5.75. The summed E-state index contributed by atoms with van der Waals surface area (Å²) in [5.41, 5.74) is 2.23. The zero-order chi connectivity index (χ0) is 12.5. The van der Waals surface area contributed by atoms with Crippen LogP contribution in [0.2, 0.25) is 0 Å². The molecule has 1 aliphatic rings. The molecule has 2 rings (SSSR count). The Balaban J connectivity index is 1.89. The Morgan fingerprint density at radius 1 is 1.59 bits per heavy atom. The number of nitrogens with one attached hydrogen (secondary N) is 1. The zero-order valence-corrected chi connectivity index (χ0v) is 12.3. The summed E-state index contributed by atoms with van der Waals surface area (Å²) in [6.07, 6.45) is 2.32. The molecule has 1 unspecified atom stereocenters. The molecule has 1 N–H and O–H groups in total. The second-order valence-corrected chi connectivity index (χ2v) is 5.77. The molecule has 0 bridgehead atoms. The minimum absolute atomic E-state index is 0.0140. The van der Waals surface area contributed by atoms with E-state index in [0.717, 1.165) is 36.3 Å². The lowest BCUT2D eigenvalue weighted by molar-refractivity contribution is 0.0205. The largest absolute Gasteiger partial charge is 0.374 e. The van der Waals surface area contributed by atoms with Gasteiger partial charge in [0, 0.05) is 26.7 Å². The van der Waals surface area contributed by atoms with Crippen molar-refractivity contribution in [2.24, 2.45) is 7.05 Å². The number of nitrogens with zero attached hydrogens (tertiary/aromatic N) is 2. The Bertz CT molecular complexity index is 397. The highest BCUT2D eigenvalue weighted by atomic mass is 79.9. The number of aromatic nitrogens is 2. The molecule has 0 amide bonds. The summed E-state index contributed by atoms with van der Waals surface area (Å²) in [5, 5.41) is 7.84. The summed E-state index contributed by atoms with van der Waals surface area (Å²) in [7, 11) is 1.97. The summed E-state index contributed by atoms with van der Waals surface area (Å²) < 4.78 is 8.77. The van der Waals surface area contributed by atoms with Crippen LogP contribution >= 0.6 is 15.9 Å². The molecule has 17 heavy (non-hydrogen) atoms. The maximum absolute atomic E-state index is 5.75. The second-order valence-electron chi connectivity index (χ2n) is 4.98. The molecule has 0 aromatic carbocycles. The van der Waals surface area contributed by atoms with Crippen LogP contribution in [0.15, 0.2) is 4.47 Å². The molecule has 1 fully saturated rings. The van der Waals surface area contributed by atoms with Crippen LogP contribution in [0.1, 0.15) is 31.2 Å². The van der Waals surface area contributed by atoms with E-state index < -0.39 is 0 Å². The molecule has 0 radical (unpaired) electrons. The van der Waals surface area contributed by atoms with Crippen molar-refractivity contribution in [1.29, 1.82) is 0 Å². The number of ether oxygens (including phenoxy) is 1. The van der Waals surface area contributed by atoms with Crippen molar-refractivity contribution in [3.05, 3.63) is 15.9 Å². The second kappa shape index (κ2) is 5.08. The van der Waals surface area contributed by atoms with Crippen LogP contribution < -0.4 is 5.32 Å². The minimum atomic E-state index is 0.0140. The Kier molecular flexibility index (Phi) is 3.90. The highest BCUT2D eigenvalue weighted by molar-refractivity contribution is 9.10. The van der Waals surface area contributed by atoms with Gasteiger partial charge in [0.2, 0.25) is 0 Å². The van der Waals surface area contributed by atoms with Crippen LogP contribution in [-0.2, 0) is 18.3 Å². The van der Waals surface area contributed by atoms with E-state index in [1.165, 1.54) is 12.1 Å². The lowest BCUT2D eigenvalue weighted by atomic mass is 10.0. The Morgan fingerprint density at radius 3 is 2.88 bits per heavy atom. The molecule has 1 aliphatic heterocycles. The number of halogens is 1. The van der Waals surface area contributed by atoms with E-state index >= 15 is 0 Å². The molecule has 1 aromatic heterocycles. The molecule has 2 heterocycles. The third-order valence-corrected chi connectivity index (χ3v) is 4.39. The van der Waals surface area contributed by atoms with Gasteiger partial charge in [-0.3, -0.25) is 4.68 Å². The van der Waals surface area contributed by atoms with Gasteiger partial charge in [-0.25, -0.2) is 0 Å². The molecule has 0 aliphatic carbocycles. The van der Waals surface area contributed by atoms with Gasteiger partial charge in [-0.2, -0.15) is 5.10 Å². The fourth-order valence-electron chi connectivity index (χ4n) is 2.29. The van der Waals surface area contributed by atoms with Gasteiger partial charge >= 0.3 is 0 Å². The quantitative estimate of drug-likeness (QED) is 0.926. The molecule has 5 heteroatoms. The van der Waals surface area contributed by atoms with Crippen LogP contribution in [0, 0.1) is 6.92 Å². The van der Waals surface area contributed by atoms with E-state index in [-0.39, 0.29) is 5.60 Å². The number of hydrogen-bond acceptors (Lipinski definition) is 3. The van der Waals surface area contributed by atoms with Gasteiger partial charge < -0.3 is 10.1 Å². The van der Waals surface area contributed by atoms with Gasteiger partial charge in [0.05, 0.1) is 21.5 Å². The van der Waals surface area contributed by atoms with Crippen molar-refractivity contribution < 1.29 is 4.74 Å². The first-order chi connectivity index (χ1) is 8.02. The number of hydrogen-bond donors (Lipinski definition) is 1. The van der Waals surface area contributed by atoms with Crippen LogP contribution in [-0.4, -0.2) is 28.5 Å². The molecular formula is C12H20BrN3O. The average molecular weight is 302 g/mol. The number of aryl methyl sites for hydroxylation is 2. The predicted octanol–water partition coefficient (Wildman–Crippen LogP) is 2.15. The molecule has 96 valence electrons. The molecule has 1 saturated heterocycles. The van der Waals surface area contributed by atoms with Crippen molar-refractivity contribution in [3.8, 4) is 0 Å². The summed E-state index contributed by atoms with van der Waals surface area (Å²) >= 11 is 3.57. The molecule has 0 saturated carbocycles. The van der Waals surface area contributed by atoms with Crippen LogP contribution in [0.5, 0.6) is 0 Å². The van der Waals surface area contributed by atoms with E-state index in [9.17, 15) is 0 Å². The molecule has 1 atom stereocenters. The van der Waals surface area contributed by atoms with Gasteiger partial charge in [0.15, 0.2) is 0 Å². The van der Waals surface area contributed by atoms with E-state index in [0.29, 0.717) is 0 Å². The zero-order valence-electron chi connectivity index (χ0n) is 10.7. The molecule has 4 nitrogen and oxygen atoms in total. The first-order valence-electron chi connectivity index (χ1n) is 6.04. The van der Waals surface area contributed by atoms with Crippen LogP contribution in [0.25, 0.3) is 0 Å². The summed E-state index contributed by atoms with van der Waals surface area (Å²) in [6, 6.07) is 0. The van der Waals surface area contributed by atoms with Gasteiger partial charge in [0.1, 0.15) is 0 Å². The SMILES string of the molecule is Cc1nn(C)c(CNCC2(C)CCCO2)c1Br. The van der Waals surface area contributed by atoms with Crippen molar-refractivity contribution in [2.45, 2.75) is 38.8 Å². The normalized spacial score (nSPS) is 24.5. The van der Waals surface area contributed by atoms with Gasteiger partial charge in [-0.1, -0.05) is 0 Å². The lowest BCUT2D eigenvalue weighted by Crippen LogP contribution is -2.37. The van der Waals surface area contributed by atoms with Crippen LogP contribution in [0.4, 0.5) is 0 Å². The van der Waals surface area contributed by atoms with E-state index in [2.05, 4.69) is 33.3 Å². The fraction of sp³-hybridized carbons (Fsp3) is 0.750. The average Bonchev–Trinajstić information content (AvgIpc) is 2.79. The first-order valence-corrected chi connectivity index (χ1v) is 6.84. The Morgan fingerprint density at radius 2 is 2.35 bits per heavy atom. The van der Waals surface area contributed by atoms with Crippen LogP contribution in [0.3, 0.4) is 0 Å². The van der Waals surface area contributed by atoms with Gasteiger partial charge in [-0.05, 0) is 42.6 Å². The third-order valence-electron chi connectivity index (χ3n) is 3.35. The molecule has 1 aromatic rings. The van der Waals surface area contributed by atoms with E-state index in [1.54, 1.807) is 0 Å². The van der Waals surface area contributed by atoms with Gasteiger partial charge in [-0.15, -0.1) is 0 Å². The highest BCUT2D eigenvalue weighted by Crippen LogP contribution is 2.24. The predicted molar refractivity (Wildman–Crippen MR) is 70.9 cm³/mol. The fourth-order valence-corrected chi connectivity index (χ4v) is 2.77. The summed E-state index contributed by atoms with van der Waals surface area (Å²) in [4.78, 5) is 0. The van der Waals surface area contributed by atoms with E-state index in [4.69, 9.17) is 4.74 Å².